The number of rotatable bonds is 7. The Morgan fingerprint density at radius 1 is 1.32 bits per heavy atom. The number of aromatic nitrogens is 3. The van der Waals surface area contributed by atoms with Crippen LogP contribution in [0.4, 0.5) is 0 Å². The molecule has 0 saturated carbocycles. The summed E-state index contributed by atoms with van der Waals surface area (Å²) in [5, 5.41) is 9.97. The Kier molecular flexibility index (Phi) is 6.97. The van der Waals surface area contributed by atoms with Crippen LogP contribution in [0, 0.1) is 11.7 Å². The van der Waals surface area contributed by atoms with Crippen LogP contribution in [-0.4, -0.2) is 51.1 Å². The quantitative estimate of drug-likeness (QED) is 0.552. The van der Waals surface area contributed by atoms with E-state index in [2.05, 4.69) is 15.5 Å². The molecule has 2 aromatic rings. The van der Waals surface area contributed by atoms with Crippen LogP contribution < -0.4 is 5.32 Å². The van der Waals surface area contributed by atoms with Crippen LogP contribution in [0.2, 0.25) is 0 Å². The van der Waals surface area contributed by atoms with E-state index >= 15 is 0 Å². The number of aryl methyl sites for hydroxylation is 1. The van der Waals surface area contributed by atoms with Crippen molar-refractivity contribution in [2.24, 2.45) is 0 Å². The number of hydrogen-bond donors (Lipinski definition) is 2. The van der Waals surface area contributed by atoms with Gasteiger partial charge in [-0.2, -0.15) is 5.10 Å². The van der Waals surface area contributed by atoms with Gasteiger partial charge in [0.05, 0.1) is 0 Å². The zero-order valence-electron chi connectivity index (χ0n) is 16.2. The summed E-state index contributed by atoms with van der Waals surface area (Å²) in [5.74, 6) is 0.768. The smallest absolute Gasteiger partial charge is 0.240 e. The highest BCUT2D eigenvalue weighted by Crippen LogP contribution is 2.18. The Balaban J connectivity index is 1.52. The average molecular weight is 402 g/mol. The van der Waals surface area contributed by atoms with Crippen LogP contribution in [0.25, 0.3) is 11.4 Å². The molecule has 0 spiro atoms. The van der Waals surface area contributed by atoms with E-state index in [1.54, 1.807) is 4.57 Å². The molecule has 28 heavy (non-hydrogen) atoms. The fourth-order valence-electron chi connectivity index (χ4n) is 3.44. The maximum atomic E-state index is 12.4. The number of carbonyl (C=O) groups excluding carboxylic acids is 2. The molecular weight excluding hydrogens is 374 g/mol. The van der Waals surface area contributed by atoms with Gasteiger partial charge in [-0.15, -0.1) is 0 Å². The molecule has 2 N–H and O–H groups in total. The standard InChI is InChI=1S/C20H27N5O2S/c1-15-7-5-8-16(13-15)19-22-23-20(28)25(19)14-17(26)21-10-6-12-24-11-4-2-3-9-18(24)27/h5,7-8,13H,2-4,6,9-12,14H2,1H3,(H,21,26)(H,23,28). The average Bonchev–Trinajstić information content (AvgIpc) is 2.90. The van der Waals surface area contributed by atoms with E-state index in [1.807, 2.05) is 36.1 Å². The van der Waals surface area contributed by atoms with Gasteiger partial charge in [0.25, 0.3) is 0 Å². The second-order valence-corrected chi connectivity index (χ2v) is 7.59. The van der Waals surface area contributed by atoms with E-state index in [0.717, 1.165) is 43.4 Å². The number of hydrogen-bond acceptors (Lipinski definition) is 4. The maximum absolute atomic E-state index is 12.4. The molecule has 0 atom stereocenters. The first-order valence-corrected chi connectivity index (χ1v) is 10.2. The third kappa shape index (κ3) is 5.28. The van der Waals surface area contributed by atoms with Gasteiger partial charge in [-0.25, -0.2) is 0 Å². The predicted octanol–water partition coefficient (Wildman–Crippen LogP) is 2.83. The molecule has 0 aliphatic carbocycles. The van der Waals surface area contributed by atoms with Gasteiger partial charge in [-0.1, -0.05) is 30.2 Å². The van der Waals surface area contributed by atoms with Gasteiger partial charge in [0.15, 0.2) is 10.6 Å². The van der Waals surface area contributed by atoms with Gasteiger partial charge >= 0.3 is 0 Å². The Bertz CT molecular complexity index is 889. The summed E-state index contributed by atoms with van der Waals surface area (Å²) in [6, 6.07) is 7.93. The normalized spacial score (nSPS) is 14.8. The highest BCUT2D eigenvalue weighted by Gasteiger charge is 2.16. The predicted molar refractivity (Wildman–Crippen MR) is 110 cm³/mol. The van der Waals surface area contributed by atoms with Crippen molar-refractivity contribution in [3.63, 3.8) is 0 Å². The molecule has 1 aromatic heterocycles. The second kappa shape index (κ2) is 9.64. The lowest BCUT2D eigenvalue weighted by atomic mass is 10.1. The molecular formula is C20H27N5O2S. The summed E-state index contributed by atoms with van der Waals surface area (Å²) in [6.07, 6.45) is 4.57. The molecule has 1 fully saturated rings. The van der Waals surface area contributed by atoms with E-state index in [4.69, 9.17) is 12.2 Å². The second-order valence-electron chi connectivity index (χ2n) is 7.20. The molecule has 0 unspecified atom stereocenters. The molecule has 1 aliphatic rings. The molecule has 1 aliphatic heterocycles. The topological polar surface area (TPSA) is 83.0 Å². The van der Waals surface area contributed by atoms with Gasteiger partial charge in [0.2, 0.25) is 11.8 Å². The number of amides is 2. The van der Waals surface area contributed by atoms with Crippen molar-refractivity contribution in [2.45, 2.75) is 45.6 Å². The highest BCUT2D eigenvalue weighted by atomic mass is 32.1. The molecule has 150 valence electrons. The monoisotopic (exact) mass is 401 g/mol. The Labute approximate surface area is 170 Å². The Morgan fingerprint density at radius 2 is 2.18 bits per heavy atom. The molecule has 8 heteroatoms. The summed E-state index contributed by atoms with van der Waals surface area (Å²) in [5.41, 5.74) is 2.03. The van der Waals surface area contributed by atoms with Crippen molar-refractivity contribution in [1.82, 2.24) is 25.0 Å². The zero-order valence-corrected chi connectivity index (χ0v) is 17.1. The minimum Gasteiger partial charge on any atom is -0.354 e. The van der Waals surface area contributed by atoms with Gasteiger partial charge < -0.3 is 10.2 Å². The van der Waals surface area contributed by atoms with E-state index in [0.29, 0.717) is 30.1 Å². The van der Waals surface area contributed by atoms with Gasteiger partial charge in [-0.3, -0.25) is 19.3 Å². The fraction of sp³-hybridized carbons (Fsp3) is 0.500. The van der Waals surface area contributed by atoms with Crippen LogP contribution >= 0.6 is 12.2 Å². The first-order chi connectivity index (χ1) is 13.5. The zero-order chi connectivity index (χ0) is 19.9. The van der Waals surface area contributed by atoms with Crippen molar-refractivity contribution in [1.29, 1.82) is 0 Å². The summed E-state index contributed by atoms with van der Waals surface area (Å²) < 4.78 is 2.12. The minimum absolute atomic E-state index is 0.112. The number of H-pyrrole nitrogens is 1. The van der Waals surface area contributed by atoms with Gasteiger partial charge in [0.1, 0.15) is 6.54 Å². The van der Waals surface area contributed by atoms with Gasteiger partial charge in [-0.05, 0) is 44.5 Å². The van der Waals surface area contributed by atoms with Crippen LogP contribution in [0.1, 0.15) is 37.7 Å². The summed E-state index contributed by atoms with van der Waals surface area (Å²) in [7, 11) is 0. The minimum atomic E-state index is -0.117. The van der Waals surface area contributed by atoms with Crippen molar-refractivity contribution >= 4 is 24.0 Å². The molecule has 1 saturated heterocycles. The Hall–Kier alpha value is -2.48. The van der Waals surface area contributed by atoms with E-state index in [9.17, 15) is 9.59 Å². The van der Waals surface area contributed by atoms with Crippen LogP contribution in [-0.2, 0) is 16.1 Å². The number of nitrogens with one attached hydrogen (secondary N) is 2. The van der Waals surface area contributed by atoms with E-state index < -0.39 is 0 Å². The third-order valence-corrected chi connectivity index (χ3v) is 5.25. The number of aromatic amines is 1. The lowest BCUT2D eigenvalue weighted by Crippen LogP contribution is -2.34. The number of nitrogens with zero attached hydrogens (tertiary/aromatic N) is 3. The van der Waals surface area contributed by atoms with Gasteiger partial charge in [0, 0.05) is 31.6 Å². The molecule has 2 amide bonds. The molecule has 0 radical (unpaired) electrons. The lowest BCUT2D eigenvalue weighted by molar-refractivity contribution is -0.130. The number of benzene rings is 1. The third-order valence-electron chi connectivity index (χ3n) is 4.93. The van der Waals surface area contributed by atoms with Crippen LogP contribution in [0.5, 0.6) is 0 Å². The first kappa shape index (κ1) is 20.3. The lowest BCUT2D eigenvalue weighted by Gasteiger charge is -2.20. The largest absolute Gasteiger partial charge is 0.354 e. The van der Waals surface area contributed by atoms with Crippen molar-refractivity contribution < 1.29 is 9.59 Å². The molecule has 7 nitrogen and oxygen atoms in total. The van der Waals surface area contributed by atoms with Crippen molar-refractivity contribution in [3.05, 3.63) is 34.6 Å². The Morgan fingerprint density at radius 3 is 3.00 bits per heavy atom. The number of likely N-dealkylation sites (tertiary alicyclic amines) is 1. The molecule has 3 rings (SSSR count). The summed E-state index contributed by atoms with van der Waals surface area (Å²) >= 11 is 5.29. The molecule has 1 aromatic carbocycles. The van der Waals surface area contributed by atoms with E-state index in [1.165, 1.54) is 0 Å². The maximum Gasteiger partial charge on any atom is 0.240 e. The first-order valence-electron chi connectivity index (χ1n) is 9.81. The van der Waals surface area contributed by atoms with E-state index in [-0.39, 0.29) is 18.4 Å². The highest BCUT2D eigenvalue weighted by molar-refractivity contribution is 7.71. The van der Waals surface area contributed by atoms with Crippen molar-refractivity contribution in [3.8, 4) is 11.4 Å². The molecule has 0 bridgehead atoms. The fourth-order valence-corrected chi connectivity index (χ4v) is 3.64. The number of carbonyl (C=O) groups is 2. The van der Waals surface area contributed by atoms with Crippen LogP contribution in [0.15, 0.2) is 24.3 Å². The molecule has 2 heterocycles. The summed E-state index contributed by atoms with van der Waals surface area (Å²) in [4.78, 5) is 26.3. The summed E-state index contributed by atoms with van der Waals surface area (Å²) in [6.45, 7) is 4.18. The van der Waals surface area contributed by atoms with Crippen molar-refractivity contribution in [2.75, 3.05) is 19.6 Å². The SMILES string of the molecule is Cc1cccc(-c2n[nH]c(=S)n2CC(=O)NCCCN2CCCCCC2=O)c1. The van der Waals surface area contributed by atoms with Crippen LogP contribution in [0.3, 0.4) is 0 Å².